The van der Waals surface area contributed by atoms with Crippen molar-refractivity contribution in [2.24, 2.45) is 0 Å². The second-order valence-corrected chi connectivity index (χ2v) is 7.26. The van der Waals surface area contributed by atoms with Gasteiger partial charge in [0.15, 0.2) is 0 Å². The fourth-order valence-electron chi connectivity index (χ4n) is 2.40. The second-order valence-electron chi connectivity index (χ2n) is 5.32. The van der Waals surface area contributed by atoms with Crippen LogP contribution in [0.15, 0.2) is 64.6 Å². The Morgan fingerprint density at radius 2 is 1.90 bits per heavy atom. The molecule has 0 spiro atoms. The molecular weight excluding hydrogens is 282 g/mol. The summed E-state index contributed by atoms with van der Waals surface area (Å²) in [5, 5.41) is 0. The minimum Gasteiger partial charge on any atom is -0.207 e. The van der Waals surface area contributed by atoms with Crippen LogP contribution in [-0.2, 0) is 10.0 Å². The summed E-state index contributed by atoms with van der Waals surface area (Å²) in [6.07, 6.45) is 3.89. The highest BCUT2D eigenvalue weighted by Crippen LogP contribution is 2.27. The van der Waals surface area contributed by atoms with Gasteiger partial charge in [0.05, 0.1) is 4.90 Å². The standard InChI is InChI=1S/C17H21NO2S/c1-5-15-12-18(11-10-17(15)13(2)3)21(19,20)16-8-6-14(4)7-9-16/h5-10H,2,11-12H2,1,3-4H3/b15-5+. The number of hydrogen-bond acceptors (Lipinski definition) is 2. The molecule has 0 aliphatic carbocycles. The molecule has 0 saturated heterocycles. The molecule has 0 saturated carbocycles. The van der Waals surface area contributed by atoms with Crippen LogP contribution in [-0.4, -0.2) is 25.8 Å². The van der Waals surface area contributed by atoms with Gasteiger partial charge in [0, 0.05) is 13.1 Å². The summed E-state index contributed by atoms with van der Waals surface area (Å²) in [5.41, 5.74) is 4.08. The first kappa shape index (κ1) is 15.7. The average Bonchev–Trinajstić information content (AvgIpc) is 2.46. The van der Waals surface area contributed by atoms with E-state index < -0.39 is 10.0 Å². The van der Waals surface area contributed by atoms with Crippen LogP contribution in [0.3, 0.4) is 0 Å². The average molecular weight is 303 g/mol. The number of rotatable bonds is 3. The number of aryl methyl sites for hydroxylation is 1. The molecule has 0 unspecified atom stereocenters. The van der Waals surface area contributed by atoms with E-state index in [1.165, 1.54) is 4.31 Å². The maximum Gasteiger partial charge on any atom is 0.243 e. The van der Waals surface area contributed by atoms with E-state index in [0.717, 1.165) is 22.3 Å². The Labute approximate surface area is 127 Å². The molecule has 0 N–H and O–H groups in total. The molecular formula is C17H21NO2S. The fourth-order valence-corrected chi connectivity index (χ4v) is 3.76. The third-order valence-corrected chi connectivity index (χ3v) is 5.48. The van der Waals surface area contributed by atoms with Gasteiger partial charge in [0.2, 0.25) is 10.0 Å². The Kier molecular flexibility index (Phi) is 4.49. The summed E-state index contributed by atoms with van der Waals surface area (Å²) in [7, 11) is -3.45. The Morgan fingerprint density at radius 3 is 2.43 bits per heavy atom. The molecule has 4 heteroatoms. The van der Waals surface area contributed by atoms with Gasteiger partial charge in [-0.25, -0.2) is 8.42 Å². The number of nitrogens with zero attached hydrogens (tertiary/aromatic N) is 1. The van der Waals surface area contributed by atoms with Gasteiger partial charge in [-0.1, -0.05) is 42.0 Å². The van der Waals surface area contributed by atoms with E-state index in [1.807, 2.05) is 45.1 Å². The Morgan fingerprint density at radius 1 is 1.29 bits per heavy atom. The summed E-state index contributed by atoms with van der Waals surface area (Å²) in [5.74, 6) is 0. The molecule has 21 heavy (non-hydrogen) atoms. The highest BCUT2D eigenvalue weighted by molar-refractivity contribution is 7.89. The van der Waals surface area contributed by atoms with Crippen LogP contribution in [0.25, 0.3) is 0 Å². The van der Waals surface area contributed by atoms with E-state index in [4.69, 9.17) is 0 Å². The predicted molar refractivity (Wildman–Crippen MR) is 86.6 cm³/mol. The van der Waals surface area contributed by atoms with Crippen molar-refractivity contribution in [3.8, 4) is 0 Å². The molecule has 0 radical (unpaired) electrons. The van der Waals surface area contributed by atoms with Crippen molar-refractivity contribution in [3.63, 3.8) is 0 Å². The molecule has 1 aromatic carbocycles. The van der Waals surface area contributed by atoms with Gasteiger partial charge >= 0.3 is 0 Å². The van der Waals surface area contributed by atoms with Crippen molar-refractivity contribution in [2.75, 3.05) is 13.1 Å². The van der Waals surface area contributed by atoms with Crippen molar-refractivity contribution in [2.45, 2.75) is 25.7 Å². The van der Waals surface area contributed by atoms with Crippen molar-refractivity contribution < 1.29 is 8.42 Å². The van der Waals surface area contributed by atoms with Crippen molar-refractivity contribution in [3.05, 3.63) is 65.3 Å². The van der Waals surface area contributed by atoms with Crippen molar-refractivity contribution in [1.29, 1.82) is 0 Å². The van der Waals surface area contributed by atoms with Gasteiger partial charge in [0.25, 0.3) is 0 Å². The lowest BCUT2D eigenvalue weighted by atomic mass is 9.97. The van der Waals surface area contributed by atoms with Gasteiger partial charge in [-0.3, -0.25) is 0 Å². The first-order valence-corrected chi connectivity index (χ1v) is 8.38. The first-order chi connectivity index (χ1) is 9.86. The zero-order valence-electron chi connectivity index (χ0n) is 12.8. The van der Waals surface area contributed by atoms with Crippen molar-refractivity contribution in [1.82, 2.24) is 4.31 Å². The third kappa shape index (κ3) is 3.17. The largest absolute Gasteiger partial charge is 0.243 e. The molecule has 1 heterocycles. The van der Waals surface area contributed by atoms with E-state index in [9.17, 15) is 8.42 Å². The summed E-state index contributed by atoms with van der Waals surface area (Å²) in [6.45, 7) is 10.5. The van der Waals surface area contributed by atoms with Crippen LogP contribution in [0, 0.1) is 6.92 Å². The van der Waals surface area contributed by atoms with Gasteiger partial charge in [-0.2, -0.15) is 4.31 Å². The summed E-state index contributed by atoms with van der Waals surface area (Å²) in [4.78, 5) is 0.343. The summed E-state index contributed by atoms with van der Waals surface area (Å²) < 4.78 is 26.9. The maximum absolute atomic E-state index is 12.7. The van der Waals surface area contributed by atoms with Crippen LogP contribution in [0.4, 0.5) is 0 Å². The third-order valence-electron chi connectivity index (χ3n) is 3.66. The zero-order valence-corrected chi connectivity index (χ0v) is 13.6. The quantitative estimate of drug-likeness (QED) is 0.857. The number of allylic oxidation sites excluding steroid dienone is 2. The van der Waals surface area contributed by atoms with E-state index in [0.29, 0.717) is 18.0 Å². The van der Waals surface area contributed by atoms with E-state index >= 15 is 0 Å². The van der Waals surface area contributed by atoms with Crippen LogP contribution >= 0.6 is 0 Å². The van der Waals surface area contributed by atoms with Gasteiger partial charge in [0.1, 0.15) is 0 Å². The number of hydrogen-bond donors (Lipinski definition) is 0. The molecule has 0 bridgehead atoms. The SMILES string of the molecule is C=C(C)C1=CCN(S(=O)(=O)c2ccc(C)cc2)C/C1=C\C. The first-order valence-electron chi connectivity index (χ1n) is 6.94. The molecule has 0 amide bonds. The lowest BCUT2D eigenvalue weighted by Gasteiger charge is -2.28. The highest BCUT2D eigenvalue weighted by Gasteiger charge is 2.28. The van der Waals surface area contributed by atoms with Crippen LogP contribution < -0.4 is 0 Å². The van der Waals surface area contributed by atoms with E-state index in [2.05, 4.69) is 6.58 Å². The maximum atomic E-state index is 12.7. The molecule has 112 valence electrons. The van der Waals surface area contributed by atoms with E-state index in [1.54, 1.807) is 12.1 Å². The normalized spacial score (nSPS) is 18.6. The Hall–Kier alpha value is -1.65. The molecule has 3 nitrogen and oxygen atoms in total. The molecule has 0 aromatic heterocycles. The zero-order chi connectivity index (χ0) is 15.6. The molecule has 0 atom stereocenters. The Balaban J connectivity index is 2.35. The lowest BCUT2D eigenvalue weighted by Crippen LogP contribution is -2.36. The topological polar surface area (TPSA) is 37.4 Å². The van der Waals surface area contributed by atoms with E-state index in [-0.39, 0.29) is 0 Å². The molecule has 1 aliphatic rings. The molecule has 1 aliphatic heterocycles. The lowest BCUT2D eigenvalue weighted by molar-refractivity contribution is 0.460. The van der Waals surface area contributed by atoms with Crippen LogP contribution in [0.1, 0.15) is 19.4 Å². The van der Waals surface area contributed by atoms with Crippen molar-refractivity contribution >= 4 is 10.0 Å². The summed E-state index contributed by atoms with van der Waals surface area (Å²) in [6, 6.07) is 6.97. The number of benzene rings is 1. The van der Waals surface area contributed by atoms with Gasteiger partial charge in [-0.15, -0.1) is 0 Å². The van der Waals surface area contributed by atoms with Gasteiger partial charge < -0.3 is 0 Å². The van der Waals surface area contributed by atoms with Crippen LogP contribution in [0.5, 0.6) is 0 Å². The minimum absolute atomic E-state index is 0.343. The monoisotopic (exact) mass is 303 g/mol. The minimum atomic E-state index is -3.45. The summed E-state index contributed by atoms with van der Waals surface area (Å²) >= 11 is 0. The predicted octanol–water partition coefficient (Wildman–Crippen LogP) is 3.45. The second kappa shape index (κ2) is 6.00. The fraction of sp³-hybridized carbons (Fsp3) is 0.294. The van der Waals surface area contributed by atoms with Crippen LogP contribution in [0.2, 0.25) is 0 Å². The Bertz CT molecular complexity index is 710. The molecule has 0 fully saturated rings. The molecule has 1 aromatic rings. The number of sulfonamides is 1. The smallest absolute Gasteiger partial charge is 0.207 e. The molecule has 2 rings (SSSR count). The highest BCUT2D eigenvalue weighted by atomic mass is 32.2. The van der Waals surface area contributed by atoms with Gasteiger partial charge in [-0.05, 0) is 44.1 Å².